The lowest BCUT2D eigenvalue weighted by Crippen LogP contribution is -2.49. The zero-order chi connectivity index (χ0) is 16.4. The first-order valence-electron chi connectivity index (χ1n) is 7.85. The Morgan fingerprint density at radius 2 is 1.96 bits per heavy atom. The number of H-pyrrole nitrogens is 1. The van der Waals surface area contributed by atoms with Crippen LogP contribution in [0.3, 0.4) is 0 Å². The summed E-state index contributed by atoms with van der Waals surface area (Å²) in [6.45, 7) is 6.56. The van der Waals surface area contributed by atoms with Crippen molar-refractivity contribution in [1.82, 2.24) is 19.8 Å². The summed E-state index contributed by atoms with van der Waals surface area (Å²) in [5.74, 6) is 0.537. The lowest BCUT2D eigenvalue weighted by atomic mass is 10.1. The van der Waals surface area contributed by atoms with Crippen LogP contribution in [0.5, 0.6) is 0 Å². The van der Waals surface area contributed by atoms with E-state index in [0.29, 0.717) is 24.3 Å². The first kappa shape index (κ1) is 15.7. The minimum Gasteiger partial charge on any atom is -0.338 e. The molecule has 3 rings (SSSR count). The number of aromatic amines is 1. The zero-order valence-electron chi connectivity index (χ0n) is 13.4. The molecule has 1 aromatic heterocycles. The molecule has 2 heterocycles. The van der Waals surface area contributed by atoms with Gasteiger partial charge in [0.2, 0.25) is 0 Å². The summed E-state index contributed by atoms with van der Waals surface area (Å²) in [5.41, 5.74) is 1.23. The van der Waals surface area contributed by atoms with Gasteiger partial charge in [-0.1, -0.05) is 18.2 Å². The predicted molar refractivity (Wildman–Crippen MR) is 85.6 cm³/mol. The number of hydrogen-bond donors (Lipinski definition) is 1. The molecule has 0 unspecified atom stereocenters. The lowest BCUT2D eigenvalue weighted by molar-refractivity contribution is 0.0574. The Balaban J connectivity index is 1.62. The Kier molecular flexibility index (Phi) is 4.43. The van der Waals surface area contributed by atoms with Gasteiger partial charge in [-0.25, -0.2) is 9.37 Å². The van der Waals surface area contributed by atoms with Crippen molar-refractivity contribution < 1.29 is 9.18 Å². The highest BCUT2D eigenvalue weighted by Gasteiger charge is 2.27. The monoisotopic (exact) mass is 316 g/mol. The molecule has 0 spiro atoms. The molecule has 5 nitrogen and oxygen atoms in total. The number of hydrogen-bond acceptors (Lipinski definition) is 3. The number of benzene rings is 1. The van der Waals surface area contributed by atoms with Gasteiger partial charge in [-0.3, -0.25) is 9.69 Å². The molecule has 2 aromatic rings. The second kappa shape index (κ2) is 6.50. The molecule has 1 saturated heterocycles. The van der Waals surface area contributed by atoms with E-state index in [9.17, 15) is 9.18 Å². The maximum Gasteiger partial charge on any atom is 0.272 e. The van der Waals surface area contributed by atoms with Gasteiger partial charge >= 0.3 is 0 Å². The topological polar surface area (TPSA) is 52.2 Å². The molecule has 1 aromatic carbocycles. The van der Waals surface area contributed by atoms with Crippen molar-refractivity contribution in [3.8, 4) is 0 Å². The molecule has 1 aliphatic rings. The number of imidazole rings is 1. The third-order valence-corrected chi connectivity index (χ3v) is 4.44. The molecule has 1 aliphatic heterocycles. The Labute approximate surface area is 135 Å². The summed E-state index contributed by atoms with van der Waals surface area (Å²) in [7, 11) is 0. The maximum absolute atomic E-state index is 13.9. The highest BCUT2D eigenvalue weighted by atomic mass is 19.1. The van der Waals surface area contributed by atoms with E-state index in [4.69, 9.17) is 0 Å². The van der Waals surface area contributed by atoms with Crippen molar-refractivity contribution in [3.05, 3.63) is 53.4 Å². The molecular formula is C17H21FN4O. The van der Waals surface area contributed by atoms with Crippen LogP contribution in [-0.2, 0) is 0 Å². The third-order valence-electron chi connectivity index (χ3n) is 4.44. The van der Waals surface area contributed by atoms with Crippen LogP contribution in [0, 0.1) is 12.7 Å². The van der Waals surface area contributed by atoms with Crippen LogP contribution in [0.2, 0.25) is 0 Å². The Morgan fingerprint density at radius 1 is 1.26 bits per heavy atom. The molecule has 1 N–H and O–H groups in total. The van der Waals surface area contributed by atoms with E-state index in [2.05, 4.69) is 14.9 Å². The fraction of sp³-hybridized carbons (Fsp3) is 0.412. The third kappa shape index (κ3) is 3.27. The van der Waals surface area contributed by atoms with Gasteiger partial charge in [-0.2, -0.15) is 0 Å². The van der Waals surface area contributed by atoms with Gasteiger partial charge in [0.25, 0.3) is 5.91 Å². The number of amides is 1. The molecule has 1 fully saturated rings. The number of nitrogens with zero attached hydrogens (tertiary/aromatic N) is 3. The van der Waals surface area contributed by atoms with Crippen molar-refractivity contribution in [2.24, 2.45) is 0 Å². The molecular weight excluding hydrogens is 295 g/mol. The molecule has 1 atom stereocenters. The molecule has 0 aliphatic carbocycles. The number of carbonyl (C=O) groups excluding carboxylic acids is 1. The van der Waals surface area contributed by atoms with E-state index in [1.165, 1.54) is 6.07 Å². The number of nitrogens with one attached hydrogen (secondary N) is 1. The minimum atomic E-state index is -0.175. The summed E-state index contributed by atoms with van der Waals surface area (Å²) in [6, 6.07) is 6.88. The maximum atomic E-state index is 13.9. The zero-order valence-corrected chi connectivity index (χ0v) is 13.4. The van der Waals surface area contributed by atoms with Gasteiger partial charge in [-0.15, -0.1) is 0 Å². The SMILES string of the molecule is Cc1ncc(C(=O)N2CCN([C@H](C)c3ccccc3F)CC2)[nH]1. The van der Waals surface area contributed by atoms with E-state index in [1.807, 2.05) is 30.9 Å². The summed E-state index contributed by atoms with van der Waals surface area (Å²) in [6.07, 6.45) is 1.58. The first-order valence-corrected chi connectivity index (χ1v) is 7.85. The summed E-state index contributed by atoms with van der Waals surface area (Å²) >= 11 is 0. The first-order chi connectivity index (χ1) is 11.1. The van der Waals surface area contributed by atoms with Gasteiger partial charge in [0.05, 0.1) is 6.20 Å². The van der Waals surface area contributed by atoms with Crippen LogP contribution in [0.1, 0.15) is 34.8 Å². The largest absolute Gasteiger partial charge is 0.338 e. The number of aryl methyl sites for hydroxylation is 1. The molecule has 0 radical (unpaired) electrons. The average Bonchev–Trinajstić information content (AvgIpc) is 3.01. The van der Waals surface area contributed by atoms with Gasteiger partial charge < -0.3 is 9.88 Å². The van der Waals surface area contributed by atoms with Crippen LogP contribution >= 0.6 is 0 Å². The van der Waals surface area contributed by atoms with E-state index >= 15 is 0 Å². The molecule has 1 amide bonds. The van der Waals surface area contributed by atoms with Crippen LogP contribution in [0.4, 0.5) is 4.39 Å². The van der Waals surface area contributed by atoms with Crippen LogP contribution in [-0.4, -0.2) is 51.9 Å². The Bertz CT molecular complexity index is 691. The van der Waals surface area contributed by atoms with Gasteiger partial charge in [0, 0.05) is 37.8 Å². The van der Waals surface area contributed by atoms with E-state index in [0.717, 1.165) is 18.9 Å². The van der Waals surface area contributed by atoms with Crippen molar-refractivity contribution in [3.63, 3.8) is 0 Å². The standard InChI is InChI=1S/C17H21FN4O/c1-12(14-5-3-4-6-15(14)18)21-7-9-22(10-8-21)17(23)16-11-19-13(2)20-16/h3-6,11-12H,7-10H2,1-2H3,(H,19,20)/t12-/m1/s1. The molecule has 0 saturated carbocycles. The fourth-order valence-corrected chi connectivity index (χ4v) is 3.02. The molecule has 23 heavy (non-hydrogen) atoms. The van der Waals surface area contributed by atoms with Crippen molar-refractivity contribution >= 4 is 5.91 Å². The number of carbonyl (C=O) groups is 1. The summed E-state index contributed by atoms with van der Waals surface area (Å²) < 4.78 is 13.9. The molecule has 122 valence electrons. The fourth-order valence-electron chi connectivity index (χ4n) is 3.02. The van der Waals surface area contributed by atoms with Crippen molar-refractivity contribution in [2.75, 3.05) is 26.2 Å². The minimum absolute atomic E-state index is 0.00264. The van der Waals surface area contributed by atoms with Crippen LogP contribution < -0.4 is 0 Å². The Morgan fingerprint density at radius 3 is 2.57 bits per heavy atom. The van der Waals surface area contributed by atoms with E-state index < -0.39 is 0 Å². The quantitative estimate of drug-likeness (QED) is 0.946. The Hall–Kier alpha value is -2.21. The second-order valence-corrected chi connectivity index (χ2v) is 5.91. The molecule has 6 heteroatoms. The average molecular weight is 316 g/mol. The highest BCUT2D eigenvalue weighted by molar-refractivity contribution is 5.92. The normalized spacial score (nSPS) is 17.3. The highest BCUT2D eigenvalue weighted by Crippen LogP contribution is 2.24. The van der Waals surface area contributed by atoms with Gasteiger partial charge in [0.15, 0.2) is 0 Å². The van der Waals surface area contributed by atoms with E-state index in [-0.39, 0.29) is 17.8 Å². The summed E-state index contributed by atoms with van der Waals surface area (Å²) in [4.78, 5) is 23.5. The van der Waals surface area contributed by atoms with Gasteiger partial charge in [0.1, 0.15) is 17.3 Å². The van der Waals surface area contributed by atoms with Crippen LogP contribution in [0.25, 0.3) is 0 Å². The number of aromatic nitrogens is 2. The predicted octanol–water partition coefficient (Wildman–Crippen LogP) is 2.38. The molecule has 0 bridgehead atoms. The number of rotatable bonds is 3. The number of piperazine rings is 1. The lowest BCUT2D eigenvalue weighted by Gasteiger charge is -2.38. The smallest absolute Gasteiger partial charge is 0.272 e. The number of halogens is 1. The van der Waals surface area contributed by atoms with Crippen LogP contribution in [0.15, 0.2) is 30.5 Å². The van der Waals surface area contributed by atoms with E-state index in [1.54, 1.807) is 12.3 Å². The summed E-state index contributed by atoms with van der Waals surface area (Å²) in [5, 5.41) is 0. The van der Waals surface area contributed by atoms with Crippen molar-refractivity contribution in [1.29, 1.82) is 0 Å². The van der Waals surface area contributed by atoms with Crippen molar-refractivity contribution in [2.45, 2.75) is 19.9 Å². The van der Waals surface area contributed by atoms with Gasteiger partial charge in [-0.05, 0) is 19.9 Å². The second-order valence-electron chi connectivity index (χ2n) is 5.91.